The van der Waals surface area contributed by atoms with Gasteiger partial charge in [-0.2, -0.15) is 0 Å². The first-order valence-electron chi connectivity index (χ1n) is 6.25. The molecule has 1 unspecified atom stereocenters. The number of carbonyl (C=O) groups excluding carboxylic acids is 1. The maximum atomic E-state index is 11.0. The van der Waals surface area contributed by atoms with Crippen molar-refractivity contribution >= 4 is 5.97 Å². The fraction of sp³-hybridized carbons (Fsp3) is 0.615. The Kier molecular flexibility index (Phi) is 3.91. The second kappa shape index (κ2) is 5.44. The van der Waals surface area contributed by atoms with Crippen LogP contribution in [0.1, 0.15) is 38.3 Å². The van der Waals surface area contributed by atoms with Crippen LogP contribution >= 0.6 is 0 Å². The number of hydrogen-bond acceptors (Lipinski definition) is 5. The van der Waals surface area contributed by atoms with Crippen LogP contribution in [0.5, 0.6) is 0 Å². The van der Waals surface area contributed by atoms with Crippen molar-refractivity contribution in [2.45, 2.75) is 38.2 Å². The van der Waals surface area contributed by atoms with Crippen LogP contribution in [0.4, 0.5) is 0 Å². The summed E-state index contributed by atoms with van der Waals surface area (Å²) in [5.74, 6) is -0.299. The Bertz CT molecular complexity index is 404. The van der Waals surface area contributed by atoms with Gasteiger partial charge in [0.05, 0.1) is 5.69 Å². The maximum Gasteiger partial charge on any atom is 0.302 e. The monoisotopic (exact) mass is 250 g/mol. The lowest BCUT2D eigenvalue weighted by molar-refractivity contribution is -0.154. The van der Waals surface area contributed by atoms with Crippen molar-refractivity contribution in [3.05, 3.63) is 24.3 Å². The average Bonchev–Trinajstić information content (AvgIpc) is 2.91. The third-order valence-corrected chi connectivity index (χ3v) is 3.55. The summed E-state index contributed by atoms with van der Waals surface area (Å²) < 4.78 is 5.02. The predicted octanol–water partition coefficient (Wildman–Crippen LogP) is 1.42. The Morgan fingerprint density at radius 1 is 1.56 bits per heavy atom. The van der Waals surface area contributed by atoms with E-state index < -0.39 is 5.60 Å². The lowest BCUT2D eigenvalue weighted by Crippen LogP contribution is -2.40. The highest BCUT2D eigenvalue weighted by molar-refractivity contribution is 5.66. The molecule has 0 saturated heterocycles. The van der Waals surface area contributed by atoms with Gasteiger partial charge < -0.3 is 9.84 Å². The highest BCUT2D eigenvalue weighted by Crippen LogP contribution is 2.39. The van der Waals surface area contributed by atoms with Crippen LogP contribution in [0.3, 0.4) is 0 Å². The second-order valence-electron chi connectivity index (χ2n) is 4.78. The minimum atomic E-state index is -1.19. The van der Waals surface area contributed by atoms with Crippen molar-refractivity contribution in [1.82, 2.24) is 9.97 Å². The SMILES string of the molecule is CC(=O)OCC(O)(c1ccncn1)C1CCCC1. The van der Waals surface area contributed by atoms with Gasteiger partial charge >= 0.3 is 5.97 Å². The molecule has 98 valence electrons. The topological polar surface area (TPSA) is 72.3 Å². The molecule has 0 bridgehead atoms. The van der Waals surface area contributed by atoms with E-state index in [2.05, 4.69) is 9.97 Å². The van der Waals surface area contributed by atoms with Crippen LogP contribution in [0, 0.1) is 5.92 Å². The predicted molar refractivity (Wildman–Crippen MR) is 64.5 cm³/mol. The molecule has 0 spiro atoms. The summed E-state index contributed by atoms with van der Waals surface area (Å²) in [7, 11) is 0. The first kappa shape index (κ1) is 13.0. The summed E-state index contributed by atoms with van der Waals surface area (Å²) in [6.07, 6.45) is 7.05. The fourth-order valence-electron chi connectivity index (χ4n) is 2.56. The Labute approximate surface area is 106 Å². The van der Waals surface area contributed by atoms with E-state index in [1.54, 1.807) is 12.3 Å². The summed E-state index contributed by atoms with van der Waals surface area (Å²) in [5.41, 5.74) is -0.656. The van der Waals surface area contributed by atoms with Gasteiger partial charge in [0.15, 0.2) is 0 Å². The first-order valence-corrected chi connectivity index (χ1v) is 6.25. The minimum absolute atomic E-state index is 0.0377. The molecule has 5 nitrogen and oxygen atoms in total. The Morgan fingerprint density at radius 2 is 2.28 bits per heavy atom. The molecule has 5 heteroatoms. The lowest BCUT2D eigenvalue weighted by atomic mass is 9.83. The first-order chi connectivity index (χ1) is 8.63. The number of aliphatic hydroxyl groups is 1. The zero-order chi connectivity index (χ0) is 13.0. The molecule has 1 aliphatic rings. The smallest absolute Gasteiger partial charge is 0.302 e. The van der Waals surface area contributed by atoms with Crippen molar-refractivity contribution in [3.63, 3.8) is 0 Å². The van der Waals surface area contributed by atoms with Crippen LogP contribution in [0.25, 0.3) is 0 Å². The molecule has 0 amide bonds. The maximum absolute atomic E-state index is 11.0. The van der Waals surface area contributed by atoms with E-state index in [1.807, 2.05) is 0 Å². The third-order valence-electron chi connectivity index (χ3n) is 3.55. The van der Waals surface area contributed by atoms with E-state index in [-0.39, 0.29) is 18.5 Å². The summed E-state index contributed by atoms with van der Waals surface area (Å²) in [5, 5.41) is 10.9. The van der Waals surface area contributed by atoms with Crippen molar-refractivity contribution < 1.29 is 14.6 Å². The molecule has 0 radical (unpaired) electrons. The van der Waals surface area contributed by atoms with Gasteiger partial charge in [0.25, 0.3) is 0 Å². The van der Waals surface area contributed by atoms with Gasteiger partial charge in [0.2, 0.25) is 0 Å². The Morgan fingerprint density at radius 3 is 2.83 bits per heavy atom. The number of hydrogen-bond donors (Lipinski definition) is 1. The molecule has 1 N–H and O–H groups in total. The van der Waals surface area contributed by atoms with Gasteiger partial charge in [-0.1, -0.05) is 12.8 Å². The highest BCUT2D eigenvalue weighted by Gasteiger charge is 2.42. The number of esters is 1. The van der Waals surface area contributed by atoms with Crippen LogP contribution < -0.4 is 0 Å². The quantitative estimate of drug-likeness (QED) is 0.818. The van der Waals surface area contributed by atoms with Gasteiger partial charge in [-0.05, 0) is 24.8 Å². The minimum Gasteiger partial charge on any atom is -0.462 e. The molecule has 1 aromatic heterocycles. The Balaban J connectivity index is 2.23. The van der Waals surface area contributed by atoms with Gasteiger partial charge in [-0.3, -0.25) is 4.79 Å². The number of aromatic nitrogens is 2. The molecule has 1 saturated carbocycles. The molecule has 1 atom stereocenters. The van der Waals surface area contributed by atoms with Gasteiger partial charge in [0, 0.05) is 13.1 Å². The molecular formula is C13H18N2O3. The number of ether oxygens (including phenoxy) is 1. The fourth-order valence-corrected chi connectivity index (χ4v) is 2.56. The third kappa shape index (κ3) is 2.67. The van der Waals surface area contributed by atoms with Gasteiger partial charge in [-0.15, -0.1) is 0 Å². The molecule has 1 heterocycles. The van der Waals surface area contributed by atoms with E-state index in [9.17, 15) is 9.90 Å². The van der Waals surface area contributed by atoms with E-state index in [4.69, 9.17) is 4.74 Å². The molecule has 0 aromatic carbocycles. The van der Waals surface area contributed by atoms with Crippen molar-refractivity contribution in [1.29, 1.82) is 0 Å². The van der Waals surface area contributed by atoms with E-state index in [1.165, 1.54) is 13.3 Å². The lowest BCUT2D eigenvalue weighted by Gasteiger charge is -2.32. The number of rotatable bonds is 4. The molecular weight excluding hydrogens is 232 g/mol. The summed E-state index contributed by atoms with van der Waals surface area (Å²) >= 11 is 0. The van der Waals surface area contributed by atoms with Crippen molar-refractivity contribution in [2.24, 2.45) is 5.92 Å². The molecule has 1 aliphatic carbocycles. The van der Waals surface area contributed by atoms with Crippen LogP contribution in [-0.4, -0.2) is 27.7 Å². The molecule has 2 rings (SSSR count). The van der Waals surface area contributed by atoms with Crippen LogP contribution in [0.15, 0.2) is 18.6 Å². The van der Waals surface area contributed by atoms with Crippen molar-refractivity contribution in [3.8, 4) is 0 Å². The largest absolute Gasteiger partial charge is 0.462 e. The molecule has 1 aromatic rings. The Hall–Kier alpha value is -1.49. The standard InChI is InChI=1S/C13H18N2O3/c1-10(16)18-8-13(17,11-4-2-3-5-11)12-6-7-14-9-15-12/h6-7,9,11,17H,2-5,8H2,1H3. The number of carbonyl (C=O) groups is 1. The zero-order valence-electron chi connectivity index (χ0n) is 10.5. The van der Waals surface area contributed by atoms with Crippen molar-refractivity contribution in [2.75, 3.05) is 6.61 Å². The highest BCUT2D eigenvalue weighted by atomic mass is 16.5. The molecule has 0 aliphatic heterocycles. The zero-order valence-corrected chi connectivity index (χ0v) is 10.5. The number of nitrogens with zero attached hydrogens (tertiary/aromatic N) is 2. The second-order valence-corrected chi connectivity index (χ2v) is 4.78. The molecule has 1 fully saturated rings. The average molecular weight is 250 g/mol. The normalized spacial score (nSPS) is 19.4. The van der Waals surface area contributed by atoms with E-state index >= 15 is 0 Å². The van der Waals surface area contributed by atoms with Gasteiger partial charge in [-0.25, -0.2) is 9.97 Å². The molecule has 18 heavy (non-hydrogen) atoms. The van der Waals surface area contributed by atoms with Crippen LogP contribution in [-0.2, 0) is 15.1 Å². The summed E-state index contributed by atoms with van der Waals surface area (Å²) in [6, 6.07) is 1.68. The van der Waals surface area contributed by atoms with E-state index in [0.717, 1.165) is 25.7 Å². The summed E-state index contributed by atoms with van der Waals surface area (Å²) in [4.78, 5) is 18.9. The van der Waals surface area contributed by atoms with Crippen LogP contribution in [0.2, 0.25) is 0 Å². The van der Waals surface area contributed by atoms with E-state index in [0.29, 0.717) is 5.69 Å². The van der Waals surface area contributed by atoms with Gasteiger partial charge in [0.1, 0.15) is 18.5 Å². The summed E-state index contributed by atoms with van der Waals surface area (Å²) in [6.45, 7) is 1.30.